The summed E-state index contributed by atoms with van der Waals surface area (Å²) in [4.78, 5) is 9.57. The third kappa shape index (κ3) is 2.04. The maximum Gasteiger partial charge on any atom is 0.136 e. The van der Waals surface area contributed by atoms with Crippen molar-refractivity contribution in [3.63, 3.8) is 0 Å². The standard InChI is InChI=1S/C11H12BrN3/c1-8-6-9(12)7-14-11(8)15(2)10-4-3-5-13-10/h3-7,13H,1-2H3. The molecule has 2 aromatic heterocycles. The largest absolute Gasteiger partial charge is 0.348 e. The van der Waals surface area contributed by atoms with E-state index in [1.54, 1.807) is 0 Å². The third-order valence-corrected chi connectivity index (χ3v) is 2.71. The third-order valence-electron chi connectivity index (χ3n) is 2.28. The second-order valence-corrected chi connectivity index (χ2v) is 4.32. The van der Waals surface area contributed by atoms with Crippen LogP contribution in [0.1, 0.15) is 5.56 Å². The molecule has 2 aromatic rings. The molecule has 3 nitrogen and oxygen atoms in total. The summed E-state index contributed by atoms with van der Waals surface area (Å²) in [5, 5.41) is 0. The summed E-state index contributed by atoms with van der Waals surface area (Å²) in [7, 11) is 2.00. The number of aromatic amines is 1. The monoisotopic (exact) mass is 265 g/mol. The predicted octanol–water partition coefficient (Wildman–Crippen LogP) is 3.25. The Bertz CT molecular complexity index is 451. The summed E-state index contributed by atoms with van der Waals surface area (Å²) < 4.78 is 1.00. The molecule has 4 heteroatoms. The molecule has 15 heavy (non-hydrogen) atoms. The highest BCUT2D eigenvalue weighted by Crippen LogP contribution is 2.24. The second-order valence-electron chi connectivity index (χ2n) is 3.41. The first-order valence-corrected chi connectivity index (χ1v) is 5.47. The molecule has 0 aliphatic carbocycles. The molecule has 0 saturated carbocycles. The number of nitrogens with one attached hydrogen (secondary N) is 1. The highest BCUT2D eigenvalue weighted by Gasteiger charge is 2.08. The van der Waals surface area contributed by atoms with Crippen LogP contribution in [0.2, 0.25) is 0 Å². The maximum atomic E-state index is 4.39. The number of aromatic nitrogens is 2. The van der Waals surface area contributed by atoms with Crippen molar-refractivity contribution < 1.29 is 0 Å². The number of nitrogens with zero attached hydrogens (tertiary/aromatic N) is 2. The molecule has 0 aliphatic heterocycles. The quantitative estimate of drug-likeness (QED) is 0.904. The average Bonchev–Trinajstić information content (AvgIpc) is 2.69. The molecule has 0 unspecified atom stereocenters. The highest BCUT2D eigenvalue weighted by atomic mass is 79.9. The molecule has 1 N–H and O–H groups in total. The van der Waals surface area contributed by atoms with Crippen molar-refractivity contribution in [3.8, 4) is 0 Å². The number of hydrogen-bond acceptors (Lipinski definition) is 2. The van der Waals surface area contributed by atoms with Crippen LogP contribution in [0.15, 0.2) is 35.1 Å². The van der Waals surface area contributed by atoms with Gasteiger partial charge in [-0.05, 0) is 46.6 Å². The molecule has 2 heterocycles. The lowest BCUT2D eigenvalue weighted by Crippen LogP contribution is -2.12. The Kier molecular flexibility index (Phi) is 2.77. The fourth-order valence-electron chi connectivity index (χ4n) is 1.53. The van der Waals surface area contributed by atoms with Gasteiger partial charge in [-0.1, -0.05) is 0 Å². The molecule has 0 aliphatic rings. The van der Waals surface area contributed by atoms with E-state index >= 15 is 0 Å². The molecule has 0 bridgehead atoms. The van der Waals surface area contributed by atoms with Crippen molar-refractivity contribution in [3.05, 3.63) is 40.6 Å². The zero-order valence-corrected chi connectivity index (χ0v) is 10.2. The first kappa shape index (κ1) is 10.2. The molecule has 0 spiro atoms. The number of H-pyrrole nitrogens is 1. The zero-order valence-electron chi connectivity index (χ0n) is 8.66. The summed E-state index contributed by atoms with van der Waals surface area (Å²) in [6, 6.07) is 6.05. The fraction of sp³-hybridized carbons (Fsp3) is 0.182. The lowest BCUT2D eigenvalue weighted by atomic mass is 10.3. The minimum atomic E-state index is 0.959. The number of pyridine rings is 1. The van der Waals surface area contributed by atoms with Gasteiger partial charge in [-0.15, -0.1) is 0 Å². The minimum absolute atomic E-state index is 0.959. The molecule has 0 atom stereocenters. The van der Waals surface area contributed by atoms with Crippen LogP contribution in [-0.4, -0.2) is 17.0 Å². The van der Waals surface area contributed by atoms with Crippen molar-refractivity contribution in [2.24, 2.45) is 0 Å². The van der Waals surface area contributed by atoms with Gasteiger partial charge in [0.25, 0.3) is 0 Å². The average molecular weight is 266 g/mol. The van der Waals surface area contributed by atoms with E-state index in [1.165, 1.54) is 0 Å². The maximum absolute atomic E-state index is 4.39. The number of aryl methyl sites for hydroxylation is 1. The van der Waals surface area contributed by atoms with E-state index in [9.17, 15) is 0 Å². The molecule has 0 aromatic carbocycles. The minimum Gasteiger partial charge on any atom is -0.348 e. The van der Waals surface area contributed by atoms with Crippen LogP contribution < -0.4 is 4.90 Å². The predicted molar refractivity (Wildman–Crippen MR) is 65.5 cm³/mol. The van der Waals surface area contributed by atoms with Crippen LogP contribution >= 0.6 is 15.9 Å². The van der Waals surface area contributed by atoms with Crippen LogP contribution in [0.3, 0.4) is 0 Å². The number of hydrogen-bond donors (Lipinski definition) is 1. The van der Waals surface area contributed by atoms with Crippen molar-refractivity contribution in [2.45, 2.75) is 6.92 Å². The first-order chi connectivity index (χ1) is 7.18. The van der Waals surface area contributed by atoms with Gasteiger partial charge in [0.1, 0.15) is 11.6 Å². The van der Waals surface area contributed by atoms with Gasteiger partial charge < -0.3 is 9.88 Å². The van der Waals surface area contributed by atoms with Gasteiger partial charge >= 0.3 is 0 Å². The number of anilines is 2. The fourth-order valence-corrected chi connectivity index (χ4v) is 1.97. The van der Waals surface area contributed by atoms with Crippen LogP contribution in [0.5, 0.6) is 0 Å². The van der Waals surface area contributed by atoms with Gasteiger partial charge in [0, 0.05) is 23.9 Å². The second kappa shape index (κ2) is 4.06. The zero-order chi connectivity index (χ0) is 10.8. The van der Waals surface area contributed by atoms with E-state index in [0.717, 1.165) is 21.7 Å². The Labute approximate surface area is 97.3 Å². The molecule has 78 valence electrons. The Morgan fingerprint density at radius 1 is 1.47 bits per heavy atom. The molecule has 0 fully saturated rings. The van der Waals surface area contributed by atoms with Crippen LogP contribution in [0, 0.1) is 6.92 Å². The molecule has 0 saturated heterocycles. The smallest absolute Gasteiger partial charge is 0.136 e. The van der Waals surface area contributed by atoms with E-state index in [-0.39, 0.29) is 0 Å². The Hall–Kier alpha value is -1.29. The number of rotatable bonds is 2. The molecule has 2 rings (SSSR count). The summed E-state index contributed by atoms with van der Waals surface area (Å²) >= 11 is 3.41. The van der Waals surface area contributed by atoms with Crippen LogP contribution in [-0.2, 0) is 0 Å². The van der Waals surface area contributed by atoms with Crippen LogP contribution in [0.25, 0.3) is 0 Å². The lowest BCUT2D eigenvalue weighted by Gasteiger charge is -2.18. The number of halogens is 1. The van der Waals surface area contributed by atoms with Gasteiger partial charge in [-0.2, -0.15) is 0 Å². The van der Waals surface area contributed by atoms with Crippen molar-refractivity contribution in [1.82, 2.24) is 9.97 Å². The van der Waals surface area contributed by atoms with E-state index in [1.807, 2.05) is 43.4 Å². The normalized spacial score (nSPS) is 10.3. The topological polar surface area (TPSA) is 31.9 Å². The summed E-state index contributed by atoms with van der Waals surface area (Å²) in [5.74, 6) is 1.99. The van der Waals surface area contributed by atoms with E-state index in [4.69, 9.17) is 0 Å². The first-order valence-electron chi connectivity index (χ1n) is 4.68. The lowest BCUT2D eigenvalue weighted by molar-refractivity contribution is 1.07. The van der Waals surface area contributed by atoms with Gasteiger partial charge in [-0.3, -0.25) is 0 Å². The summed E-state index contributed by atoms with van der Waals surface area (Å²) in [6.45, 7) is 2.05. The van der Waals surface area contributed by atoms with E-state index in [0.29, 0.717) is 0 Å². The van der Waals surface area contributed by atoms with Gasteiger partial charge in [0.2, 0.25) is 0 Å². The van der Waals surface area contributed by atoms with Crippen molar-refractivity contribution in [1.29, 1.82) is 0 Å². The van der Waals surface area contributed by atoms with Gasteiger partial charge in [0.15, 0.2) is 0 Å². The molecule has 0 amide bonds. The highest BCUT2D eigenvalue weighted by molar-refractivity contribution is 9.10. The SMILES string of the molecule is Cc1cc(Br)cnc1N(C)c1ccc[nH]1. The summed E-state index contributed by atoms with van der Waals surface area (Å²) in [6.07, 6.45) is 3.71. The Morgan fingerprint density at radius 3 is 2.87 bits per heavy atom. The summed E-state index contributed by atoms with van der Waals surface area (Å²) in [5.41, 5.74) is 1.14. The van der Waals surface area contributed by atoms with Crippen molar-refractivity contribution >= 4 is 27.6 Å². The van der Waals surface area contributed by atoms with Crippen LogP contribution in [0.4, 0.5) is 11.6 Å². The van der Waals surface area contributed by atoms with Gasteiger partial charge in [-0.25, -0.2) is 4.98 Å². The molecular weight excluding hydrogens is 254 g/mol. The van der Waals surface area contributed by atoms with Gasteiger partial charge in [0.05, 0.1) is 0 Å². The Morgan fingerprint density at radius 2 is 2.27 bits per heavy atom. The molecule has 0 radical (unpaired) electrons. The van der Waals surface area contributed by atoms with E-state index in [2.05, 4.69) is 32.0 Å². The Balaban J connectivity index is 2.38. The molecular formula is C11H12BrN3. The van der Waals surface area contributed by atoms with E-state index < -0.39 is 0 Å². The van der Waals surface area contributed by atoms with Crippen molar-refractivity contribution in [2.75, 3.05) is 11.9 Å².